The third-order valence-electron chi connectivity index (χ3n) is 7.25. The van der Waals surface area contributed by atoms with Crippen molar-refractivity contribution in [2.24, 2.45) is 11.8 Å². The van der Waals surface area contributed by atoms with Crippen molar-refractivity contribution in [1.29, 1.82) is 0 Å². The molecule has 4 atom stereocenters. The van der Waals surface area contributed by atoms with Gasteiger partial charge in [0.05, 0.1) is 16.8 Å². The minimum Gasteiger partial charge on any atom is -0.361 e. The summed E-state index contributed by atoms with van der Waals surface area (Å²) < 4.78 is 0. The molecular weight excluding hydrogens is 387 g/mol. The molecule has 3 fully saturated rings. The second-order valence-electron chi connectivity index (χ2n) is 8.95. The zero-order valence-corrected chi connectivity index (χ0v) is 18.0. The van der Waals surface area contributed by atoms with Crippen molar-refractivity contribution in [3.8, 4) is 0 Å². The maximum absolute atomic E-state index is 6.68. The Labute approximate surface area is 178 Å². The molecule has 3 aliphatic rings. The number of hydrogen-bond donors (Lipinski definition) is 0. The van der Waals surface area contributed by atoms with Crippen LogP contribution in [0.1, 0.15) is 42.9 Å². The van der Waals surface area contributed by atoms with Crippen molar-refractivity contribution in [3.05, 3.63) is 63.6 Å². The molecule has 4 unspecified atom stereocenters. The molecule has 5 rings (SSSR count). The Morgan fingerprint density at radius 2 is 1.75 bits per heavy atom. The van der Waals surface area contributed by atoms with Gasteiger partial charge >= 0.3 is 0 Å². The Balaban J connectivity index is 1.46. The fraction of sp³-hybridized carbons (Fsp3) is 0.500. The van der Waals surface area contributed by atoms with E-state index in [1.165, 1.54) is 36.8 Å². The number of piperazine rings is 1. The Hall–Kier alpha value is -1.22. The predicted octanol–water partition coefficient (Wildman–Crippen LogP) is 6.35. The van der Waals surface area contributed by atoms with E-state index < -0.39 is 0 Å². The SMILES string of the molecule is Cc1ccc(N2CCN(C3CC4CCC3C4)CC2c2ccc(Cl)cc2)c(Cl)c1. The molecule has 0 aromatic heterocycles. The largest absolute Gasteiger partial charge is 0.361 e. The van der Waals surface area contributed by atoms with Crippen LogP contribution in [0.3, 0.4) is 0 Å². The Bertz CT molecular complexity index is 850. The molecule has 0 radical (unpaired) electrons. The summed E-state index contributed by atoms with van der Waals surface area (Å²) in [4.78, 5) is 5.29. The lowest BCUT2D eigenvalue weighted by Crippen LogP contribution is -2.53. The second-order valence-corrected chi connectivity index (χ2v) is 9.80. The number of fused-ring (bicyclic) bond motifs is 2. The number of nitrogens with zero attached hydrogens (tertiary/aromatic N) is 2. The van der Waals surface area contributed by atoms with Crippen molar-refractivity contribution >= 4 is 28.9 Å². The molecule has 1 aliphatic heterocycles. The summed E-state index contributed by atoms with van der Waals surface area (Å²) in [6, 6.07) is 15.9. The van der Waals surface area contributed by atoms with Gasteiger partial charge in [0.2, 0.25) is 0 Å². The van der Waals surface area contributed by atoms with Gasteiger partial charge in [0.1, 0.15) is 0 Å². The summed E-state index contributed by atoms with van der Waals surface area (Å²) in [5, 5.41) is 1.65. The topological polar surface area (TPSA) is 6.48 Å². The molecule has 2 aromatic rings. The fourth-order valence-electron chi connectivity index (χ4n) is 5.87. The normalized spacial score (nSPS) is 30.2. The maximum Gasteiger partial charge on any atom is 0.0670 e. The van der Waals surface area contributed by atoms with Crippen LogP contribution in [0.5, 0.6) is 0 Å². The van der Waals surface area contributed by atoms with Crippen LogP contribution in [-0.2, 0) is 0 Å². The summed E-state index contributed by atoms with van der Waals surface area (Å²) >= 11 is 12.9. The predicted molar refractivity (Wildman–Crippen MR) is 119 cm³/mol. The minimum atomic E-state index is 0.311. The molecular formula is C24H28Cl2N2. The van der Waals surface area contributed by atoms with Gasteiger partial charge in [-0.2, -0.15) is 0 Å². The molecule has 4 heteroatoms. The zero-order chi connectivity index (χ0) is 19.3. The van der Waals surface area contributed by atoms with Crippen LogP contribution in [0.2, 0.25) is 10.0 Å². The minimum absolute atomic E-state index is 0.311. The standard InChI is InChI=1S/C24H28Cl2N2/c1-16-2-9-22(21(26)12-16)28-11-10-27(23-14-17-3-4-19(23)13-17)15-24(28)18-5-7-20(25)8-6-18/h2,5-9,12,17,19,23-24H,3-4,10-11,13-15H2,1H3. The molecule has 1 heterocycles. The number of halogens is 2. The highest BCUT2D eigenvalue weighted by Crippen LogP contribution is 2.48. The van der Waals surface area contributed by atoms with Gasteiger partial charge in [-0.15, -0.1) is 0 Å². The highest BCUT2D eigenvalue weighted by molar-refractivity contribution is 6.33. The first kappa shape index (κ1) is 18.8. The Kier molecular flexibility index (Phi) is 5.07. The van der Waals surface area contributed by atoms with Crippen molar-refractivity contribution in [2.75, 3.05) is 24.5 Å². The van der Waals surface area contributed by atoms with Crippen LogP contribution < -0.4 is 4.90 Å². The lowest BCUT2D eigenvalue weighted by atomic mass is 9.91. The van der Waals surface area contributed by atoms with Gasteiger partial charge in [-0.3, -0.25) is 4.90 Å². The van der Waals surface area contributed by atoms with E-state index in [2.05, 4.69) is 47.1 Å². The van der Waals surface area contributed by atoms with Gasteiger partial charge < -0.3 is 4.90 Å². The first-order valence-electron chi connectivity index (χ1n) is 10.6. The lowest BCUT2D eigenvalue weighted by Gasteiger charge is -2.47. The average molecular weight is 415 g/mol. The maximum atomic E-state index is 6.68. The second kappa shape index (κ2) is 7.55. The molecule has 2 aromatic carbocycles. The van der Waals surface area contributed by atoms with Gasteiger partial charge in [0.25, 0.3) is 0 Å². The van der Waals surface area contributed by atoms with Gasteiger partial charge in [0, 0.05) is 30.7 Å². The van der Waals surface area contributed by atoms with E-state index in [4.69, 9.17) is 23.2 Å². The Morgan fingerprint density at radius 3 is 2.43 bits per heavy atom. The number of anilines is 1. The van der Waals surface area contributed by atoms with Crippen LogP contribution in [0.25, 0.3) is 0 Å². The molecule has 28 heavy (non-hydrogen) atoms. The van der Waals surface area contributed by atoms with E-state index in [-0.39, 0.29) is 0 Å². The van der Waals surface area contributed by atoms with Crippen LogP contribution in [0, 0.1) is 18.8 Å². The van der Waals surface area contributed by atoms with Gasteiger partial charge in [0.15, 0.2) is 0 Å². The third kappa shape index (κ3) is 3.44. The summed E-state index contributed by atoms with van der Waals surface area (Å²) in [6.45, 7) is 5.31. The van der Waals surface area contributed by atoms with E-state index in [9.17, 15) is 0 Å². The number of benzene rings is 2. The van der Waals surface area contributed by atoms with Crippen LogP contribution >= 0.6 is 23.2 Å². The van der Waals surface area contributed by atoms with E-state index in [1.54, 1.807) is 0 Å². The first-order valence-corrected chi connectivity index (χ1v) is 11.4. The third-order valence-corrected chi connectivity index (χ3v) is 7.80. The average Bonchev–Trinajstić information content (AvgIpc) is 3.32. The van der Waals surface area contributed by atoms with Crippen molar-refractivity contribution in [2.45, 2.75) is 44.7 Å². The van der Waals surface area contributed by atoms with Gasteiger partial charge in [-0.1, -0.05) is 47.8 Å². The summed E-state index contributed by atoms with van der Waals surface area (Å²) in [6.07, 6.45) is 5.76. The monoisotopic (exact) mass is 414 g/mol. The molecule has 2 saturated carbocycles. The van der Waals surface area contributed by atoms with Gasteiger partial charge in [-0.25, -0.2) is 0 Å². The van der Waals surface area contributed by atoms with Crippen LogP contribution in [0.4, 0.5) is 5.69 Å². The van der Waals surface area contributed by atoms with E-state index in [1.807, 2.05) is 12.1 Å². The first-order chi connectivity index (χ1) is 13.6. The van der Waals surface area contributed by atoms with E-state index >= 15 is 0 Å². The molecule has 0 amide bonds. The lowest BCUT2D eigenvalue weighted by molar-refractivity contribution is 0.117. The number of rotatable bonds is 3. The highest BCUT2D eigenvalue weighted by Gasteiger charge is 2.44. The van der Waals surface area contributed by atoms with Crippen LogP contribution in [-0.4, -0.2) is 30.6 Å². The molecule has 0 spiro atoms. The highest BCUT2D eigenvalue weighted by atomic mass is 35.5. The fourth-order valence-corrected chi connectivity index (χ4v) is 6.34. The summed E-state index contributed by atoms with van der Waals surface area (Å²) in [5.41, 5.74) is 3.69. The van der Waals surface area contributed by atoms with Crippen molar-refractivity contribution in [3.63, 3.8) is 0 Å². The quantitative estimate of drug-likeness (QED) is 0.576. The molecule has 2 aliphatic carbocycles. The Morgan fingerprint density at radius 1 is 0.929 bits per heavy atom. The van der Waals surface area contributed by atoms with Crippen molar-refractivity contribution < 1.29 is 0 Å². The molecule has 1 saturated heterocycles. The number of aryl methyl sites for hydroxylation is 1. The smallest absolute Gasteiger partial charge is 0.0670 e. The van der Waals surface area contributed by atoms with E-state index in [0.29, 0.717) is 6.04 Å². The van der Waals surface area contributed by atoms with Crippen molar-refractivity contribution in [1.82, 2.24) is 4.90 Å². The molecule has 2 bridgehead atoms. The molecule has 0 N–H and O–H groups in total. The van der Waals surface area contributed by atoms with Crippen LogP contribution in [0.15, 0.2) is 42.5 Å². The number of hydrogen-bond acceptors (Lipinski definition) is 2. The molecule has 148 valence electrons. The van der Waals surface area contributed by atoms with Gasteiger partial charge in [-0.05, 0) is 73.4 Å². The summed E-state index contributed by atoms with van der Waals surface area (Å²) in [7, 11) is 0. The van der Waals surface area contributed by atoms with E-state index in [0.717, 1.165) is 53.2 Å². The molecule has 2 nitrogen and oxygen atoms in total. The zero-order valence-electron chi connectivity index (χ0n) is 16.5. The summed E-state index contributed by atoms with van der Waals surface area (Å²) in [5.74, 6) is 1.90.